The van der Waals surface area contributed by atoms with Crippen molar-refractivity contribution in [1.82, 2.24) is 0 Å². The minimum absolute atomic E-state index is 0.0178. The van der Waals surface area contributed by atoms with Crippen LogP contribution in [0.5, 0.6) is 5.75 Å². The average Bonchev–Trinajstić information content (AvgIpc) is 2.44. The van der Waals surface area contributed by atoms with Gasteiger partial charge in [0, 0.05) is 11.3 Å². The smallest absolute Gasteiger partial charge is 0.255 e. The number of carbonyl (C=O) groups excluding carboxylic acids is 1. The fraction of sp³-hybridized carbons (Fsp3) is 0.133. The molecular formula is C15H15ClN2O2. The Balaban J connectivity index is 2.09. The first-order valence-electron chi connectivity index (χ1n) is 6.19. The quantitative estimate of drug-likeness (QED) is 0.758. The SMILES string of the molecule is NCCc1ccc(C(=O)Nc2ccc(O)c(Cl)c2)cc1. The first kappa shape index (κ1) is 14.4. The van der Waals surface area contributed by atoms with Crippen molar-refractivity contribution in [3.8, 4) is 5.75 Å². The van der Waals surface area contributed by atoms with Gasteiger partial charge in [-0.2, -0.15) is 0 Å². The predicted molar refractivity (Wildman–Crippen MR) is 80.3 cm³/mol. The first-order valence-corrected chi connectivity index (χ1v) is 6.57. The normalized spacial score (nSPS) is 10.3. The number of carbonyl (C=O) groups is 1. The molecule has 20 heavy (non-hydrogen) atoms. The molecule has 0 spiro atoms. The molecule has 0 unspecified atom stereocenters. The summed E-state index contributed by atoms with van der Waals surface area (Å²) in [5, 5.41) is 12.2. The molecule has 1 amide bonds. The standard InChI is InChI=1S/C15H15ClN2O2/c16-13-9-12(5-6-14(13)19)18-15(20)11-3-1-10(2-4-11)7-8-17/h1-6,9,19H,7-8,17H2,(H,18,20). The van der Waals surface area contributed by atoms with Gasteiger partial charge in [-0.3, -0.25) is 4.79 Å². The fourth-order valence-corrected chi connectivity index (χ4v) is 1.96. The zero-order valence-electron chi connectivity index (χ0n) is 10.8. The van der Waals surface area contributed by atoms with Crippen molar-refractivity contribution < 1.29 is 9.90 Å². The van der Waals surface area contributed by atoms with Gasteiger partial charge in [-0.1, -0.05) is 23.7 Å². The maximum atomic E-state index is 12.0. The molecule has 0 heterocycles. The van der Waals surface area contributed by atoms with Gasteiger partial charge in [-0.25, -0.2) is 0 Å². The highest BCUT2D eigenvalue weighted by atomic mass is 35.5. The summed E-state index contributed by atoms with van der Waals surface area (Å²) in [7, 11) is 0. The molecule has 2 aromatic carbocycles. The fourth-order valence-electron chi connectivity index (χ4n) is 1.78. The van der Waals surface area contributed by atoms with E-state index in [0.717, 1.165) is 12.0 Å². The molecule has 0 aliphatic carbocycles. The van der Waals surface area contributed by atoms with Gasteiger partial charge in [0.25, 0.3) is 5.91 Å². The van der Waals surface area contributed by atoms with E-state index < -0.39 is 0 Å². The van der Waals surface area contributed by atoms with Gasteiger partial charge in [0.1, 0.15) is 5.75 Å². The average molecular weight is 291 g/mol. The van der Waals surface area contributed by atoms with Crippen molar-refractivity contribution in [1.29, 1.82) is 0 Å². The van der Waals surface area contributed by atoms with E-state index in [1.54, 1.807) is 18.2 Å². The van der Waals surface area contributed by atoms with Gasteiger partial charge < -0.3 is 16.2 Å². The van der Waals surface area contributed by atoms with Crippen LogP contribution in [0.25, 0.3) is 0 Å². The van der Waals surface area contributed by atoms with Gasteiger partial charge in [-0.05, 0) is 48.9 Å². The zero-order valence-corrected chi connectivity index (χ0v) is 11.5. The summed E-state index contributed by atoms with van der Waals surface area (Å²) < 4.78 is 0. The van der Waals surface area contributed by atoms with Crippen molar-refractivity contribution in [3.63, 3.8) is 0 Å². The van der Waals surface area contributed by atoms with Crippen molar-refractivity contribution in [2.45, 2.75) is 6.42 Å². The van der Waals surface area contributed by atoms with Crippen LogP contribution in [0.1, 0.15) is 15.9 Å². The molecule has 0 atom stereocenters. The maximum absolute atomic E-state index is 12.0. The first-order chi connectivity index (χ1) is 9.60. The Kier molecular flexibility index (Phi) is 4.61. The van der Waals surface area contributed by atoms with E-state index in [9.17, 15) is 9.90 Å². The molecule has 104 valence electrons. The Labute approximate surface area is 122 Å². The number of phenolic OH excluding ortho intramolecular Hbond substituents is 1. The zero-order chi connectivity index (χ0) is 14.5. The second kappa shape index (κ2) is 6.41. The van der Waals surface area contributed by atoms with Crippen LogP contribution >= 0.6 is 11.6 Å². The molecule has 4 N–H and O–H groups in total. The third-order valence-electron chi connectivity index (χ3n) is 2.85. The number of nitrogens with one attached hydrogen (secondary N) is 1. The van der Waals surface area contributed by atoms with Crippen LogP contribution in [0.4, 0.5) is 5.69 Å². The third kappa shape index (κ3) is 3.50. The highest BCUT2D eigenvalue weighted by molar-refractivity contribution is 6.32. The van der Waals surface area contributed by atoms with Crippen molar-refractivity contribution >= 4 is 23.2 Å². The number of benzene rings is 2. The van der Waals surface area contributed by atoms with Gasteiger partial charge in [0.15, 0.2) is 0 Å². The van der Waals surface area contributed by atoms with Crippen molar-refractivity contribution in [2.24, 2.45) is 5.73 Å². The van der Waals surface area contributed by atoms with Gasteiger partial charge in [0.2, 0.25) is 0 Å². The minimum atomic E-state index is -0.231. The minimum Gasteiger partial charge on any atom is -0.506 e. The van der Waals surface area contributed by atoms with E-state index in [-0.39, 0.29) is 16.7 Å². The number of hydrogen-bond acceptors (Lipinski definition) is 3. The molecule has 0 aromatic heterocycles. The van der Waals surface area contributed by atoms with Crippen LogP contribution in [0.15, 0.2) is 42.5 Å². The predicted octanol–water partition coefficient (Wildman–Crippen LogP) is 2.80. The number of anilines is 1. The topological polar surface area (TPSA) is 75.4 Å². The lowest BCUT2D eigenvalue weighted by molar-refractivity contribution is 0.102. The third-order valence-corrected chi connectivity index (χ3v) is 3.16. The monoisotopic (exact) mass is 290 g/mol. The van der Waals surface area contributed by atoms with E-state index in [1.807, 2.05) is 12.1 Å². The molecular weight excluding hydrogens is 276 g/mol. The van der Waals surface area contributed by atoms with Crippen LogP contribution in [0.3, 0.4) is 0 Å². The molecule has 2 rings (SSSR count). The number of amides is 1. The molecule has 4 nitrogen and oxygen atoms in total. The van der Waals surface area contributed by atoms with Gasteiger partial charge in [0.05, 0.1) is 5.02 Å². The number of halogens is 1. The highest BCUT2D eigenvalue weighted by Crippen LogP contribution is 2.26. The van der Waals surface area contributed by atoms with Crippen LogP contribution in [-0.2, 0) is 6.42 Å². The molecule has 0 aliphatic rings. The lowest BCUT2D eigenvalue weighted by atomic mass is 10.1. The lowest BCUT2D eigenvalue weighted by Crippen LogP contribution is -2.12. The number of phenols is 1. The van der Waals surface area contributed by atoms with Gasteiger partial charge in [-0.15, -0.1) is 0 Å². The Bertz CT molecular complexity index is 612. The largest absolute Gasteiger partial charge is 0.506 e. The molecule has 0 bridgehead atoms. The molecule has 0 saturated heterocycles. The second-order valence-electron chi connectivity index (χ2n) is 4.36. The molecule has 2 aromatic rings. The summed E-state index contributed by atoms with van der Waals surface area (Å²) in [5.74, 6) is -0.248. The van der Waals surface area contributed by atoms with Crippen molar-refractivity contribution in [3.05, 3.63) is 58.6 Å². The van der Waals surface area contributed by atoms with Crippen LogP contribution in [0.2, 0.25) is 5.02 Å². The Morgan fingerprint density at radius 2 is 1.90 bits per heavy atom. The summed E-state index contributed by atoms with van der Waals surface area (Å²) in [6.45, 7) is 0.581. The molecule has 0 fully saturated rings. The number of aromatic hydroxyl groups is 1. The number of nitrogens with two attached hydrogens (primary N) is 1. The number of rotatable bonds is 4. The van der Waals surface area contributed by atoms with E-state index in [1.165, 1.54) is 12.1 Å². The number of hydrogen-bond donors (Lipinski definition) is 3. The van der Waals surface area contributed by atoms with Crippen molar-refractivity contribution in [2.75, 3.05) is 11.9 Å². The summed E-state index contributed by atoms with van der Waals surface area (Å²) in [5.41, 5.74) is 7.65. The molecule has 0 aliphatic heterocycles. The Morgan fingerprint density at radius 3 is 2.50 bits per heavy atom. The van der Waals surface area contributed by atoms with E-state index >= 15 is 0 Å². The van der Waals surface area contributed by atoms with Crippen LogP contribution in [-0.4, -0.2) is 17.6 Å². The van der Waals surface area contributed by atoms with E-state index in [2.05, 4.69) is 5.32 Å². The van der Waals surface area contributed by atoms with E-state index in [0.29, 0.717) is 17.8 Å². The molecule has 5 heteroatoms. The Hall–Kier alpha value is -2.04. The summed E-state index contributed by atoms with van der Waals surface area (Å²) in [6, 6.07) is 11.8. The summed E-state index contributed by atoms with van der Waals surface area (Å²) >= 11 is 5.79. The van der Waals surface area contributed by atoms with Crippen LogP contribution in [0, 0.1) is 0 Å². The van der Waals surface area contributed by atoms with E-state index in [4.69, 9.17) is 17.3 Å². The Morgan fingerprint density at radius 1 is 1.20 bits per heavy atom. The van der Waals surface area contributed by atoms with Gasteiger partial charge >= 0.3 is 0 Å². The molecule has 0 saturated carbocycles. The molecule has 0 radical (unpaired) electrons. The lowest BCUT2D eigenvalue weighted by Gasteiger charge is -2.07. The summed E-state index contributed by atoms with van der Waals surface area (Å²) in [4.78, 5) is 12.0. The maximum Gasteiger partial charge on any atom is 0.255 e. The van der Waals surface area contributed by atoms with Crippen LogP contribution < -0.4 is 11.1 Å². The second-order valence-corrected chi connectivity index (χ2v) is 4.76. The highest BCUT2D eigenvalue weighted by Gasteiger charge is 2.07. The summed E-state index contributed by atoms with van der Waals surface area (Å²) in [6.07, 6.45) is 0.787.